The van der Waals surface area contributed by atoms with Crippen LogP contribution in [-0.4, -0.2) is 41.4 Å². The normalized spacial score (nSPS) is 18.4. The smallest absolute Gasteiger partial charge is 0.253 e. The fourth-order valence-corrected chi connectivity index (χ4v) is 3.32. The van der Waals surface area contributed by atoms with E-state index in [1.807, 2.05) is 16.7 Å². The maximum Gasteiger partial charge on any atom is 0.253 e. The molecule has 1 aromatic carbocycles. The Hall–Kier alpha value is -1.15. The minimum atomic E-state index is 0.0392. The van der Waals surface area contributed by atoms with E-state index < -0.39 is 0 Å². The van der Waals surface area contributed by atoms with Gasteiger partial charge in [-0.1, -0.05) is 30.4 Å². The number of rotatable bonds is 1. The monoisotopic (exact) mass is 308 g/mol. The number of amides is 1. The lowest BCUT2D eigenvalue weighted by Gasteiger charge is -2.30. The number of thioether (sulfide) groups is 1. The predicted molar refractivity (Wildman–Crippen MR) is 85.2 cm³/mol. The van der Waals surface area contributed by atoms with E-state index in [-0.39, 0.29) is 5.91 Å². The maximum absolute atomic E-state index is 12.4. The van der Waals surface area contributed by atoms with Crippen molar-refractivity contribution in [1.82, 2.24) is 4.90 Å². The molecule has 2 N–H and O–H groups in total. The summed E-state index contributed by atoms with van der Waals surface area (Å²) in [6, 6.07) is 5.25. The second-order valence-electron chi connectivity index (χ2n) is 4.63. The molecule has 106 valence electrons. The van der Waals surface area contributed by atoms with Crippen molar-refractivity contribution in [3.8, 4) is 11.8 Å². The summed E-state index contributed by atoms with van der Waals surface area (Å²) in [5.74, 6) is 6.67. The molecule has 0 radical (unpaired) electrons. The number of hydrogen-bond donors (Lipinski definition) is 1. The van der Waals surface area contributed by atoms with Gasteiger partial charge in [0.15, 0.2) is 0 Å². The van der Waals surface area contributed by atoms with E-state index >= 15 is 0 Å². The molecule has 0 aromatic heterocycles. The average molecular weight is 309 g/mol. The highest BCUT2D eigenvalue weighted by Gasteiger charge is 2.22. The zero-order valence-electron chi connectivity index (χ0n) is 11.4. The average Bonchev–Trinajstić information content (AvgIpc) is 2.45. The zero-order chi connectivity index (χ0) is 14.5. The Morgan fingerprint density at radius 2 is 2.40 bits per heavy atom. The molecule has 1 fully saturated rings. The number of halogens is 1. The van der Waals surface area contributed by atoms with E-state index in [1.165, 1.54) is 0 Å². The molecule has 0 aliphatic carbocycles. The van der Waals surface area contributed by atoms with Crippen LogP contribution in [0.4, 0.5) is 0 Å². The largest absolute Gasteiger partial charge is 0.337 e. The highest BCUT2D eigenvalue weighted by molar-refractivity contribution is 7.99. The summed E-state index contributed by atoms with van der Waals surface area (Å²) >= 11 is 8.06. The first-order valence-electron chi connectivity index (χ1n) is 6.51. The molecule has 1 aliphatic rings. The summed E-state index contributed by atoms with van der Waals surface area (Å²) < 4.78 is 0. The van der Waals surface area contributed by atoms with Gasteiger partial charge < -0.3 is 10.6 Å². The molecule has 1 aliphatic heterocycles. The highest BCUT2D eigenvalue weighted by Crippen LogP contribution is 2.22. The zero-order valence-corrected chi connectivity index (χ0v) is 12.9. The molecule has 3 nitrogen and oxygen atoms in total. The molecule has 1 saturated heterocycles. The van der Waals surface area contributed by atoms with Gasteiger partial charge in [0.1, 0.15) is 0 Å². The van der Waals surface area contributed by atoms with E-state index in [9.17, 15) is 4.79 Å². The van der Waals surface area contributed by atoms with Crippen LogP contribution in [0.2, 0.25) is 5.02 Å². The number of carbonyl (C=O) groups is 1. The van der Waals surface area contributed by atoms with Gasteiger partial charge in [-0.25, -0.2) is 0 Å². The van der Waals surface area contributed by atoms with Crippen molar-refractivity contribution < 1.29 is 4.79 Å². The van der Waals surface area contributed by atoms with Crippen molar-refractivity contribution in [2.24, 2.45) is 5.73 Å². The second-order valence-corrected chi connectivity index (χ2v) is 6.59. The van der Waals surface area contributed by atoms with Crippen LogP contribution in [-0.2, 0) is 0 Å². The fourth-order valence-electron chi connectivity index (χ4n) is 2.08. The molecule has 5 heteroatoms. The lowest BCUT2D eigenvalue weighted by Crippen LogP contribution is -2.41. The summed E-state index contributed by atoms with van der Waals surface area (Å²) in [5.41, 5.74) is 6.66. The number of benzene rings is 1. The highest BCUT2D eigenvalue weighted by atomic mass is 35.5. The van der Waals surface area contributed by atoms with Gasteiger partial charge in [-0.15, -0.1) is 0 Å². The summed E-state index contributed by atoms with van der Waals surface area (Å²) in [6.07, 6.45) is 0. The Bertz CT molecular complexity index is 565. The minimum Gasteiger partial charge on any atom is -0.337 e. The first-order chi connectivity index (χ1) is 9.61. The van der Waals surface area contributed by atoms with Gasteiger partial charge in [0.2, 0.25) is 0 Å². The molecule has 1 amide bonds. The lowest BCUT2D eigenvalue weighted by atomic mass is 10.1. The van der Waals surface area contributed by atoms with Crippen LogP contribution in [0, 0.1) is 11.8 Å². The molecule has 1 atom stereocenters. The van der Waals surface area contributed by atoms with Gasteiger partial charge in [-0.2, -0.15) is 11.8 Å². The van der Waals surface area contributed by atoms with Crippen molar-refractivity contribution in [3.05, 3.63) is 34.3 Å². The van der Waals surface area contributed by atoms with Crippen molar-refractivity contribution in [1.29, 1.82) is 0 Å². The van der Waals surface area contributed by atoms with Gasteiger partial charge in [0.05, 0.1) is 11.6 Å². The van der Waals surface area contributed by atoms with Crippen LogP contribution in [0.25, 0.3) is 0 Å². The Morgan fingerprint density at radius 1 is 1.60 bits per heavy atom. The van der Waals surface area contributed by atoms with Gasteiger partial charge in [0.25, 0.3) is 5.91 Å². The van der Waals surface area contributed by atoms with E-state index in [1.54, 1.807) is 18.2 Å². The van der Waals surface area contributed by atoms with Crippen molar-refractivity contribution in [2.45, 2.75) is 12.2 Å². The second kappa shape index (κ2) is 7.03. The van der Waals surface area contributed by atoms with Gasteiger partial charge in [-0.05, 0) is 18.2 Å². The number of hydrogen-bond acceptors (Lipinski definition) is 3. The molecule has 0 spiro atoms. The Morgan fingerprint density at radius 3 is 3.05 bits per heavy atom. The quantitative estimate of drug-likeness (QED) is 0.809. The fraction of sp³-hybridized carbons (Fsp3) is 0.400. The third kappa shape index (κ3) is 3.69. The Kier molecular flexibility index (Phi) is 5.36. The van der Waals surface area contributed by atoms with Crippen molar-refractivity contribution in [2.75, 3.05) is 25.4 Å². The van der Waals surface area contributed by atoms with E-state index in [0.29, 0.717) is 27.9 Å². The van der Waals surface area contributed by atoms with Gasteiger partial charge in [-0.3, -0.25) is 4.79 Å². The topological polar surface area (TPSA) is 46.3 Å². The minimum absolute atomic E-state index is 0.0392. The molecule has 20 heavy (non-hydrogen) atoms. The van der Waals surface area contributed by atoms with Crippen LogP contribution in [0.5, 0.6) is 0 Å². The van der Waals surface area contributed by atoms with Gasteiger partial charge >= 0.3 is 0 Å². The Balaban J connectivity index is 2.16. The van der Waals surface area contributed by atoms with Crippen molar-refractivity contribution in [3.63, 3.8) is 0 Å². The van der Waals surface area contributed by atoms with E-state index in [2.05, 4.69) is 18.8 Å². The van der Waals surface area contributed by atoms with Crippen LogP contribution < -0.4 is 5.73 Å². The summed E-state index contributed by atoms with van der Waals surface area (Å²) in [4.78, 5) is 14.3. The first kappa shape index (κ1) is 15.2. The molecule has 2 rings (SSSR count). The van der Waals surface area contributed by atoms with Crippen LogP contribution in [0.3, 0.4) is 0 Å². The molecule has 0 bridgehead atoms. The number of carbonyl (C=O) groups excluding carboxylic acids is 1. The van der Waals surface area contributed by atoms with Crippen LogP contribution in [0.1, 0.15) is 22.8 Å². The molecule has 1 heterocycles. The third-order valence-electron chi connectivity index (χ3n) is 3.07. The summed E-state index contributed by atoms with van der Waals surface area (Å²) in [5, 5.41) is 0.981. The molecule has 1 unspecified atom stereocenters. The van der Waals surface area contributed by atoms with Crippen LogP contribution >= 0.6 is 23.4 Å². The van der Waals surface area contributed by atoms with Gasteiger partial charge in [0, 0.05) is 35.2 Å². The predicted octanol–water partition coefficient (Wildman–Crippen LogP) is 2.23. The molecule has 0 saturated carbocycles. The first-order valence-corrected chi connectivity index (χ1v) is 7.94. The lowest BCUT2D eigenvalue weighted by molar-refractivity contribution is 0.0763. The molecular formula is C15H17ClN2OS. The standard InChI is InChI=1S/C15H17ClN2OS/c1-11-10-18(7-8-20-11)15(19)13-5-4-12(3-2-6-17)14(16)9-13/h4-5,9,11H,6-8,10,17H2,1H3. The van der Waals surface area contributed by atoms with E-state index in [0.717, 1.165) is 18.8 Å². The maximum atomic E-state index is 12.4. The Labute approximate surface area is 128 Å². The SMILES string of the molecule is CC1CN(C(=O)c2ccc(C#CCN)c(Cl)c2)CCS1. The summed E-state index contributed by atoms with van der Waals surface area (Å²) in [7, 11) is 0. The summed E-state index contributed by atoms with van der Waals surface area (Å²) in [6.45, 7) is 4.01. The molecular weight excluding hydrogens is 292 g/mol. The number of nitrogens with two attached hydrogens (primary N) is 1. The number of nitrogens with zero attached hydrogens (tertiary/aromatic N) is 1. The van der Waals surface area contributed by atoms with E-state index in [4.69, 9.17) is 17.3 Å². The van der Waals surface area contributed by atoms with Crippen LogP contribution in [0.15, 0.2) is 18.2 Å². The van der Waals surface area contributed by atoms with Crippen molar-refractivity contribution >= 4 is 29.3 Å². The molecule has 1 aromatic rings. The third-order valence-corrected chi connectivity index (χ3v) is 4.52.